The van der Waals surface area contributed by atoms with Crippen molar-refractivity contribution in [3.8, 4) is 5.75 Å². The topological polar surface area (TPSA) is 39.2 Å². The van der Waals surface area contributed by atoms with Gasteiger partial charge in [-0.25, -0.2) is 13.8 Å². The molecule has 0 atom stereocenters. The number of ketones is 1. The summed E-state index contributed by atoms with van der Waals surface area (Å²) >= 11 is 1.25. The highest BCUT2D eigenvalue weighted by Gasteiger charge is 2.09. The number of ether oxygens (including phenoxy) is 1. The van der Waals surface area contributed by atoms with Crippen molar-refractivity contribution >= 4 is 17.1 Å². The zero-order valence-electron chi connectivity index (χ0n) is 9.44. The van der Waals surface area contributed by atoms with E-state index in [-0.39, 0.29) is 18.1 Å². The second-order valence-corrected chi connectivity index (χ2v) is 4.49. The molecule has 6 heteroatoms. The van der Waals surface area contributed by atoms with E-state index in [1.807, 2.05) is 0 Å². The number of aromatic nitrogens is 1. The van der Waals surface area contributed by atoms with Gasteiger partial charge in [-0.15, -0.1) is 11.3 Å². The molecule has 0 aliphatic carbocycles. The summed E-state index contributed by atoms with van der Waals surface area (Å²) in [6.07, 6.45) is 0. The molecule has 0 saturated heterocycles. The van der Waals surface area contributed by atoms with E-state index in [1.54, 1.807) is 5.38 Å². The lowest BCUT2D eigenvalue weighted by atomic mass is 10.3. The lowest BCUT2D eigenvalue weighted by molar-refractivity contribution is 0.101. The number of hydrogen-bond donors (Lipinski definition) is 0. The van der Waals surface area contributed by atoms with Gasteiger partial charge in [0.2, 0.25) is 0 Å². The molecule has 0 fully saturated rings. The summed E-state index contributed by atoms with van der Waals surface area (Å²) in [7, 11) is 0. The molecule has 0 N–H and O–H groups in total. The van der Waals surface area contributed by atoms with Gasteiger partial charge in [0.05, 0.1) is 0 Å². The summed E-state index contributed by atoms with van der Waals surface area (Å²) in [5.41, 5.74) is 0.359. The standard InChI is InChI=1S/C12H9F2NO2S/c1-7(16)10-6-18-12(15-10)5-17-11-3-2-8(13)4-9(11)14/h2-4,6H,5H2,1H3. The SMILES string of the molecule is CC(=O)c1csc(COc2ccc(F)cc2F)n1. The molecule has 18 heavy (non-hydrogen) atoms. The Bertz CT molecular complexity index is 583. The molecular weight excluding hydrogens is 260 g/mol. The van der Waals surface area contributed by atoms with Crippen LogP contribution in [0.2, 0.25) is 0 Å². The Labute approximate surface area is 106 Å². The molecule has 3 nitrogen and oxygen atoms in total. The van der Waals surface area contributed by atoms with Gasteiger partial charge in [-0.1, -0.05) is 0 Å². The Hall–Kier alpha value is -1.82. The summed E-state index contributed by atoms with van der Waals surface area (Å²) in [4.78, 5) is 15.0. The first kappa shape index (κ1) is 12.6. The lowest BCUT2D eigenvalue weighted by Gasteiger charge is -2.04. The van der Waals surface area contributed by atoms with Crippen LogP contribution in [0.4, 0.5) is 8.78 Å². The van der Waals surface area contributed by atoms with E-state index in [0.29, 0.717) is 10.7 Å². The first-order valence-electron chi connectivity index (χ1n) is 5.09. The molecule has 0 bridgehead atoms. The summed E-state index contributed by atoms with van der Waals surface area (Å²) in [5, 5.41) is 2.17. The van der Waals surface area contributed by atoms with Gasteiger partial charge in [0.15, 0.2) is 17.3 Å². The van der Waals surface area contributed by atoms with Crippen LogP contribution in [0, 0.1) is 11.6 Å². The number of carbonyl (C=O) groups excluding carboxylic acids is 1. The number of halogens is 2. The second kappa shape index (κ2) is 5.22. The fraction of sp³-hybridized carbons (Fsp3) is 0.167. The first-order valence-corrected chi connectivity index (χ1v) is 5.97. The van der Waals surface area contributed by atoms with Gasteiger partial charge < -0.3 is 4.74 Å². The molecule has 94 valence electrons. The van der Waals surface area contributed by atoms with Crippen molar-refractivity contribution in [2.24, 2.45) is 0 Å². The number of Topliss-reactive ketones (excluding diaryl/α,β-unsaturated/α-hetero) is 1. The normalized spacial score (nSPS) is 10.4. The molecular formula is C12H9F2NO2S. The van der Waals surface area contributed by atoms with Crippen molar-refractivity contribution < 1.29 is 18.3 Å². The molecule has 2 rings (SSSR count). The van der Waals surface area contributed by atoms with Gasteiger partial charge in [-0.2, -0.15) is 0 Å². The maximum absolute atomic E-state index is 13.3. The maximum Gasteiger partial charge on any atom is 0.178 e. The minimum absolute atomic E-state index is 0.0422. The third kappa shape index (κ3) is 2.89. The number of carbonyl (C=O) groups is 1. The molecule has 1 heterocycles. The van der Waals surface area contributed by atoms with Gasteiger partial charge in [-0.3, -0.25) is 4.79 Å². The van der Waals surface area contributed by atoms with Crippen LogP contribution in [0.3, 0.4) is 0 Å². The van der Waals surface area contributed by atoms with Crippen LogP contribution in [0.25, 0.3) is 0 Å². The smallest absolute Gasteiger partial charge is 0.178 e. The summed E-state index contributed by atoms with van der Waals surface area (Å²) in [6.45, 7) is 1.46. The van der Waals surface area contributed by atoms with Crippen molar-refractivity contribution in [1.29, 1.82) is 0 Å². The summed E-state index contributed by atoms with van der Waals surface area (Å²) in [5.74, 6) is -1.60. The van der Waals surface area contributed by atoms with E-state index in [1.165, 1.54) is 24.3 Å². The number of rotatable bonds is 4. The second-order valence-electron chi connectivity index (χ2n) is 3.55. The zero-order chi connectivity index (χ0) is 13.1. The maximum atomic E-state index is 13.3. The highest BCUT2D eigenvalue weighted by molar-refractivity contribution is 7.09. The van der Waals surface area contributed by atoms with Crippen LogP contribution in [-0.2, 0) is 6.61 Å². The predicted molar refractivity (Wildman–Crippen MR) is 62.8 cm³/mol. The lowest BCUT2D eigenvalue weighted by Crippen LogP contribution is -1.99. The minimum atomic E-state index is -0.765. The molecule has 1 aromatic carbocycles. The number of hydrogen-bond acceptors (Lipinski definition) is 4. The van der Waals surface area contributed by atoms with Gasteiger partial charge in [-0.05, 0) is 12.1 Å². The molecule has 0 amide bonds. The Kier molecular flexibility index (Phi) is 3.66. The first-order chi connectivity index (χ1) is 8.56. The number of thiazole rings is 1. The predicted octanol–water partition coefficient (Wildman–Crippen LogP) is 3.20. The fourth-order valence-corrected chi connectivity index (χ4v) is 2.01. The van der Waals surface area contributed by atoms with Crippen molar-refractivity contribution in [1.82, 2.24) is 4.98 Å². The van der Waals surface area contributed by atoms with E-state index in [0.717, 1.165) is 12.1 Å². The Morgan fingerprint density at radius 1 is 1.44 bits per heavy atom. The van der Waals surface area contributed by atoms with Crippen LogP contribution < -0.4 is 4.74 Å². The third-order valence-electron chi connectivity index (χ3n) is 2.16. The quantitative estimate of drug-likeness (QED) is 0.800. The van der Waals surface area contributed by atoms with Crippen molar-refractivity contribution in [3.05, 3.63) is 45.9 Å². The third-order valence-corrected chi connectivity index (χ3v) is 2.98. The highest BCUT2D eigenvalue weighted by atomic mass is 32.1. The van der Waals surface area contributed by atoms with E-state index in [9.17, 15) is 13.6 Å². The van der Waals surface area contributed by atoms with Gasteiger partial charge in [0, 0.05) is 18.4 Å². The highest BCUT2D eigenvalue weighted by Crippen LogP contribution is 2.20. The van der Waals surface area contributed by atoms with Gasteiger partial charge in [0.25, 0.3) is 0 Å². The largest absolute Gasteiger partial charge is 0.483 e. The van der Waals surface area contributed by atoms with E-state index < -0.39 is 11.6 Å². The number of nitrogens with zero attached hydrogens (tertiary/aromatic N) is 1. The van der Waals surface area contributed by atoms with Gasteiger partial charge >= 0.3 is 0 Å². The molecule has 0 spiro atoms. The van der Waals surface area contributed by atoms with Crippen LogP contribution in [0.5, 0.6) is 5.75 Å². The molecule has 0 aliphatic heterocycles. The Morgan fingerprint density at radius 3 is 2.83 bits per heavy atom. The fourth-order valence-electron chi connectivity index (χ4n) is 1.27. The van der Waals surface area contributed by atoms with Crippen LogP contribution in [0.1, 0.15) is 22.4 Å². The minimum Gasteiger partial charge on any atom is -0.483 e. The molecule has 1 aromatic heterocycles. The van der Waals surface area contributed by atoms with E-state index in [2.05, 4.69) is 4.98 Å². The van der Waals surface area contributed by atoms with Crippen LogP contribution in [-0.4, -0.2) is 10.8 Å². The molecule has 0 radical (unpaired) electrons. The average Bonchev–Trinajstić information content (AvgIpc) is 2.76. The average molecular weight is 269 g/mol. The van der Waals surface area contributed by atoms with Crippen molar-refractivity contribution in [2.75, 3.05) is 0 Å². The monoisotopic (exact) mass is 269 g/mol. The zero-order valence-corrected chi connectivity index (χ0v) is 10.3. The molecule has 0 saturated carbocycles. The Morgan fingerprint density at radius 2 is 2.22 bits per heavy atom. The molecule has 0 unspecified atom stereocenters. The van der Waals surface area contributed by atoms with Crippen LogP contribution >= 0.6 is 11.3 Å². The summed E-state index contributed by atoms with van der Waals surface area (Å²) in [6, 6.07) is 3.07. The van der Waals surface area contributed by atoms with Crippen LogP contribution in [0.15, 0.2) is 23.6 Å². The van der Waals surface area contributed by atoms with E-state index >= 15 is 0 Å². The number of benzene rings is 1. The van der Waals surface area contributed by atoms with E-state index in [4.69, 9.17) is 4.74 Å². The molecule has 2 aromatic rings. The summed E-state index contributed by atoms with van der Waals surface area (Å²) < 4.78 is 31.1. The van der Waals surface area contributed by atoms with Gasteiger partial charge in [0.1, 0.15) is 23.1 Å². The van der Waals surface area contributed by atoms with Crippen molar-refractivity contribution in [3.63, 3.8) is 0 Å². The Balaban J connectivity index is 2.04. The molecule has 0 aliphatic rings. The van der Waals surface area contributed by atoms with Crippen molar-refractivity contribution in [2.45, 2.75) is 13.5 Å².